The smallest absolute Gasteiger partial charge is 0.248 e. The van der Waals surface area contributed by atoms with Crippen LogP contribution in [0, 0.1) is 0 Å². The zero-order chi connectivity index (χ0) is 16.5. The van der Waals surface area contributed by atoms with Gasteiger partial charge in [0.2, 0.25) is 5.91 Å². The normalized spacial score (nSPS) is 13.1. The molecule has 0 heterocycles. The molecule has 0 saturated heterocycles. The molecule has 2 N–H and O–H groups in total. The third kappa shape index (κ3) is 5.05. The summed E-state index contributed by atoms with van der Waals surface area (Å²) in [6, 6.07) is 5.11. The van der Waals surface area contributed by atoms with Crippen molar-refractivity contribution in [3.05, 3.63) is 36.4 Å². The van der Waals surface area contributed by atoms with Crippen molar-refractivity contribution in [2.75, 3.05) is 27.4 Å². The highest BCUT2D eigenvalue weighted by Gasteiger charge is 2.18. The lowest BCUT2D eigenvalue weighted by Crippen LogP contribution is -2.37. The third-order valence-electron chi connectivity index (χ3n) is 3.10. The molecule has 122 valence electrons. The summed E-state index contributed by atoms with van der Waals surface area (Å²) in [6.45, 7) is 5.49. The van der Waals surface area contributed by atoms with Crippen LogP contribution in [0.4, 0.5) is 0 Å². The zero-order valence-corrected chi connectivity index (χ0v) is 13.2. The van der Waals surface area contributed by atoms with E-state index >= 15 is 0 Å². The number of benzene rings is 1. The maximum absolute atomic E-state index is 11.8. The van der Waals surface area contributed by atoms with Gasteiger partial charge in [-0.25, -0.2) is 0 Å². The fraction of sp³-hybridized carbons (Fsp3) is 0.438. The van der Waals surface area contributed by atoms with E-state index in [9.17, 15) is 9.90 Å². The Morgan fingerprint density at radius 2 is 2.14 bits per heavy atom. The number of aliphatic hydroxyl groups excluding tert-OH is 1. The molecule has 6 nitrogen and oxygen atoms in total. The first-order chi connectivity index (χ1) is 10.5. The van der Waals surface area contributed by atoms with Gasteiger partial charge in [0.25, 0.3) is 0 Å². The second-order valence-corrected chi connectivity index (χ2v) is 4.63. The van der Waals surface area contributed by atoms with E-state index in [1.807, 2.05) is 0 Å². The van der Waals surface area contributed by atoms with Gasteiger partial charge in [-0.1, -0.05) is 6.08 Å². The number of amides is 1. The van der Waals surface area contributed by atoms with E-state index in [0.29, 0.717) is 23.7 Å². The maximum atomic E-state index is 11.8. The molecule has 0 aliphatic carbocycles. The average molecular weight is 309 g/mol. The fourth-order valence-corrected chi connectivity index (χ4v) is 1.84. The van der Waals surface area contributed by atoms with Gasteiger partial charge < -0.3 is 24.6 Å². The molecule has 6 heteroatoms. The highest BCUT2D eigenvalue weighted by Crippen LogP contribution is 2.29. The summed E-state index contributed by atoms with van der Waals surface area (Å²) < 4.78 is 15.6. The van der Waals surface area contributed by atoms with Crippen molar-refractivity contribution in [3.63, 3.8) is 0 Å². The Morgan fingerprint density at radius 1 is 1.41 bits per heavy atom. The lowest BCUT2D eigenvalue weighted by atomic mass is 10.1. The highest BCUT2D eigenvalue weighted by atomic mass is 16.5. The Morgan fingerprint density at radius 3 is 2.73 bits per heavy atom. The molecule has 0 bridgehead atoms. The number of methoxy groups -OCH3 is 2. The molecular formula is C16H23NO5. The van der Waals surface area contributed by atoms with Gasteiger partial charge in [0.15, 0.2) is 0 Å². The summed E-state index contributed by atoms with van der Waals surface area (Å²) in [6.07, 6.45) is 0.0396. The Hall–Kier alpha value is -2.05. The first kappa shape index (κ1) is 18.0. The molecular weight excluding hydrogens is 286 g/mol. The Kier molecular flexibility index (Phi) is 7.42. The number of carbonyl (C=O) groups is 1. The lowest BCUT2D eigenvalue weighted by molar-refractivity contribution is -0.131. The van der Waals surface area contributed by atoms with Crippen LogP contribution in [0.1, 0.15) is 18.6 Å². The topological polar surface area (TPSA) is 77.0 Å². The highest BCUT2D eigenvalue weighted by molar-refractivity contribution is 5.80. The van der Waals surface area contributed by atoms with Gasteiger partial charge in [-0.3, -0.25) is 4.79 Å². The van der Waals surface area contributed by atoms with E-state index in [1.165, 1.54) is 7.11 Å². The summed E-state index contributed by atoms with van der Waals surface area (Å²) in [5, 5.41) is 12.9. The molecule has 1 rings (SSSR count). The molecule has 1 aromatic rings. The molecule has 0 fully saturated rings. The van der Waals surface area contributed by atoms with Gasteiger partial charge in [0.05, 0.1) is 26.9 Å². The predicted octanol–water partition coefficient (Wildman–Crippen LogP) is 1.44. The number of carbonyl (C=O) groups excluding carboxylic acids is 1. The van der Waals surface area contributed by atoms with Crippen molar-refractivity contribution < 1.29 is 24.1 Å². The van der Waals surface area contributed by atoms with Gasteiger partial charge in [-0.05, 0) is 25.1 Å². The second kappa shape index (κ2) is 9.07. The fourth-order valence-electron chi connectivity index (χ4n) is 1.84. The van der Waals surface area contributed by atoms with Crippen LogP contribution in [0.5, 0.6) is 11.5 Å². The number of aliphatic hydroxyl groups is 1. The second-order valence-electron chi connectivity index (χ2n) is 4.63. The molecule has 22 heavy (non-hydrogen) atoms. The van der Waals surface area contributed by atoms with Crippen LogP contribution >= 0.6 is 0 Å². The molecule has 0 spiro atoms. The molecule has 1 aromatic carbocycles. The zero-order valence-electron chi connectivity index (χ0n) is 13.2. The molecule has 0 saturated carbocycles. The molecule has 0 aliphatic rings. The van der Waals surface area contributed by atoms with Gasteiger partial charge >= 0.3 is 0 Å². The number of nitrogens with one attached hydrogen (secondary N) is 1. The van der Waals surface area contributed by atoms with Crippen LogP contribution in [0.15, 0.2) is 30.9 Å². The number of rotatable bonds is 9. The number of ether oxygens (including phenoxy) is 3. The largest absolute Gasteiger partial charge is 0.497 e. The number of hydrogen-bond acceptors (Lipinski definition) is 5. The van der Waals surface area contributed by atoms with Crippen molar-refractivity contribution in [2.45, 2.75) is 19.1 Å². The van der Waals surface area contributed by atoms with E-state index in [1.54, 1.807) is 38.3 Å². The predicted molar refractivity (Wildman–Crippen MR) is 83.1 cm³/mol. The molecule has 0 aromatic heterocycles. The standard InChI is InChI=1S/C16H23NO5/c1-5-8-22-11(2)16(19)17-10-14(18)13-9-12(20-3)6-7-15(13)21-4/h5-7,9,11,14,18H,1,8,10H2,2-4H3,(H,17,19). The molecule has 2 unspecified atom stereocenters. The summed E-state index contributed by atoms with van der Waals surface area (Å²) in [7, 11) is 3.06. The van der Waals surface area contributed by atoms with Crippen molar-refractivity contribution in [3.8, 4) is 11.5 Å². The van der Waals surface area contributed by atoms with Crippen molar-refractivity contribution in [1.29, 1.82) is 0 Å². The first-order valence-electron chi connectivity index (χ1n) is 6.93. The van der Waals surface area contributed by atoms with E-state index < -0.39 is 12.2 Å². The van der Waals surface area contributed by atoms with Crippen LogP contribution in [0.2, 0.25) is 0 Å². The average Bonchev–Trinajstić information content (AvgIpc) is 2.56. The van der Waals surface area contributed by atoms with E-state index in [2.05, 4.69) is 11.9 Å². The molecule has 1 amide bonds. The number of hydrogen-bond donors (Lipinski definition) is 2. The Balaban J connectivity index is 2.66. The van der Waals surface area contributed by atoms with Crippen molar-refractivity contribution in [1.82, 2.24) is 5.32 Å². The summed E-state index contributed by atoms with van der Waals surface area (Å²) in [5.41, 5.74) is 0.543. The van der Waals surface area contributed by atoms with Gasteiger partial charge in [0, 0.05) is 12.1 Å². The van der Waals surface area contributed by atoms with Crippen molar-refractivity contribution >= 4 is 5.91 Å². The lowest BCUT2D eigenvalue weighted by Gasteiger charge is -2.18. The third-order valence-corrected chi connectivity index (χ3v) is 3.10. The van der Waals surface area contributed by atoms with Crippen LogP contribution in [-0.2, 0) is 9.53 Å². The molecule has 0 aliphatic heterocycles. The van der Waals surface area contributed by atoms with Gasteiger partial charge in [-0.15, -0.1) is 6.58 Å². The Bertz CT molecular complexity index is 503. The van der Waals surface area contributed by atoms with E-state index in [-0.39, 0.29) is 12.5 Å². The van der Waals surface area contributed by atoms with Crippen LogP contribution in [-0.4, -0.2) is 44.5 Å². The van der Waals surface area contributed by atoms with E-state index in [0.717, 1.165) is 0 Å². The van der Waals surface area contributed by atoms with Gasteiger partial charge in [-0.2, -0.15) is 0 Å². The van der Waals surface area contributed by atoms with E-state index in [4.69, 9.17) is 14.2 Å². The SMILES string of the molecule is C=CCOC(C)C(=O)NCC(O)c1cc(OC)ccc1OC. The monoisotopic (exact) mass is 309 g/mol. The van der Waals surface area contributed by atoms with Crippen LogP contribution < -0.4 is 14.8 Å². The summed E-state index contributed by atoms with van der Waals surface area (Å²) in [4.78, 5) is 11.8. The Labute approximate surface area is 130 Å². The molecule has 0 radical (unpaired) electrons. The minimum Gasteiger partial charge on any atom is -0.497 e. The quantitative estimate of drug-likeness (QED) is 0.675. The first-order valence-corrected chi connectivity index (χ1v) is 6.93. The summed E-state index contributed by atoms with van der Waals surface area (Å²) >= 11 is 0. The maximum Gasteiger partial charge on any atom is 0.248 e. The van der Waals surface area contributed by atoms with Crippen LogP contribution in [0.25, 0.3) is 0 Å². The molecule has 2 atom stereocenters. The van der Waals surface area contributed by atoms with Crippen molar-refractivity contribution in [2.24, 2.45) is 0 Å². The minimum absolute atomic E-state index is 0.0458. The van der Waals surface area contributed by atoms with Crippen LogP contribution in [0.3, 0.4) is 0 Å². The summed E-state index contributed by atoms with van der Waals surface area (Å²) in [5.74, 6) is 0.824. The minimum atomic E-state index is -0.916. The van der Waals surface area contributed by atoms with Gasteiger partial charge in [0.1, 0.15) is 17.6 Å².